The summed E-state index contributed by atoms with van der Waals surface area (Å²) in [6, 6.07) is -0.249. The van der Waals surface area contributed by atoms with E-state index in [2.05, 4.69) is 9.97 Å². The van der Waals surface area contributed by atoms with Gasteiger partial charge in [0.15, 0.2) is 22.1 Å². The van der Waals surface area contributed by atoms with Gasteiger partial charge < -0.3 is 9.64 Å². The van der Waals surface area contributed by atoms with Crippen LogP contribution < -0.4 is 0 Å². The summed E-state index contributed by atoms with van der Waals surface area (Å²) >= 11 is 0. The van der Waals surface area contributed by atoms with E-state index in [1.807, 2.05) is 0 Å². The first kappa shape index (κ1) is 16.8. The second-order valence-electron chi connectivity index (χ2n) is 6.21. The summed E-state index contributed by atoms with van der Waals surface area (Å²) in [6.45, 7) is 1.33. The second-order valence-corrected chi connectivity index (χ2v) is 8.44. The van der Waals surface area contributed by atoms with Crippen molar-refractivity contribution in [3.8, 4) is 0 Å². The normalized spacial score (nSPS) is 22.1. The summed E-state index contributed by atoms with van der Waals surface area (Å²) < 4.78 is 28.3. The quantitative estimate of drug-likeness (QED) is 0.692. The van der Waals surface area contributed by atoms with Gasteiger partial charge in [0.1, 0.15) is 0 Å². The monoisotopic (exact) mass is 353 g/mol. The van der Waals surface area contributed by atoms with E-state index in [0.29, 0.717) is 12.1 Å². The van der Waals surface area contributed by atoms with Gasteiger partial charge >= 0.3 is 5.97 Å². The summed E-state index contributed by atoms with van der Waals surface area (Å²) in [4.78, 5) is 33.8. The van der Waals surface area contributed by atoms with Crippen molar-refractivity contribution in [3.63, 3.8) is 0 Å². The van der Waals surface area contributed by atoms with Gasteiger partial charge in [-0.2, -0.15) is 0 Å². The third-order valence-electron chi connectivity index (χ3n) is 4.15. The van der Waals surface area contributed by atoms with Gasteiger partial charge in [-0.3, -0.25) is 9.78 Å². The lowest BCUT2D eigenvalue weighted by Gasteiger charge is -2.28. The molecule has 9 heteroatoms. The topological polar surface area (TPSA) is 107 Å². The fourth-order valence-corrected chi connectivity index (χ4v) is 4.54. The van der Waals surface area contributed by atoms with Crippen LogP contribution in [0.15, 0.2) is 12.4 Å². The Morgan fingerprint density at radius 1 is 1.21 bits per heavy atom. The molecule has 0 unspecified atom stereocenters. The predicted molar refractivity (Wildman–Crippen MR) is 84.0 cm³/mol. The standard InChI is InChI=1S/C15H19N3O5S/c1-10-6-17-13(7-16-10)15(20)23-8-14(19)18(11-2-3-11)12-4-5-24(21,22)9-12/h6-7,11-12H,2-5,8-9H2,1H3/t12-/m0/s1. The van der Waals surface area contributed by atoms with Crippen LogP contribution in [-0.2, 0) is 19.4 Å². The van der Waals surface area contributed by atoms with Crippen molar-refractivity contribution in [2.45, 2.75) is 38.3 Å². The van der Waals surface area contributed by atoms with Crippen LogP contribution in [0.1, 0.15) is 35.4 Å². The summed E-state index contributed by atoms with van der Waals surface area (Å²) in [5, 5.41) is 0. The molecule has 1 saturated carbocycles. The van der Waals surface area contributed by atoms with E-state index in [0.717, 1.165) is 12.8 Å². The zero-order valence-corrected chi connectivity index (χ0v) is 14.2. The highest BCUT2D eigenvalue weighted by atomic mass is 32.2. The maximum atomic E-state index is 12.4. The molecule has 1 aromatic heterocycles. The van der Waals surface area contributed by atoms with E-state index < -0.39 is 22.4 Å². The molecule has 1 amide bonds. The van der Waals surface area contributed by atoms with Gasteiger partial charge in [0, 0.05) is 18.3 Å². The lowest BCUT2D eigenvalue weighted by molar-refractivity contribution is -0.137. The van der Waals surface area contributed by atoms with Crippen molar-refractivity contribution in [2.75, 3.05) is 18.1 Å². The van der Waals surface area contributed by atoms with Crippen LogP contribution in [0.3, 0.4) is 0 Å². The van der Waals surface area contributed by atoms with Crippen molar-refractivity contribution >= 4 is 21.7 Å². The molecule has 2 aliphatic rings. The number of hydrogen-bond donors (Lipinski definition) is 0. The highest BCUT2D eigenvalue weighted by molar-refractivity contribution is 7.91. The Balaban J connectivity index is 1.60. The number of rotatable bonds is 5. The van der Waals surface area contributed by atoms with Gasteiger partial charge in [-0.25, -0.2) is 18.2 Å². The van der Waals surface area contributed by atoms with Crippen LogP contribution in [0.25, 0.3) is 0 Å². The first-order valence-corrected chi connectivity index (χ1v) is 9.65. The van der Waals surface area contributed by atoms with Gasteiger partial charge in [0.05, 0.1) is 23.4 Å². The molecule has 1 aliphatic heterocycles. The number of ether oxygens (including phenoxy) is 1. The minimum Gasteiger partial charge on any atom is -0.451 e. The smallest absolute Gasteiger partial charge is 0.359 e. The van der Waals surface area contributed by atoms with Crippen LogP contribution in [0, 0.1) is 6.92 Å². The van der Waals surface area contributed by atoms with Crippen LogP contribution in [0.2, 0.25) is 0 Å². The average molecular weight is 353 g/mol. The number of carbonyl (C=O) groups excluding carboxylic acids is 2. The number of esters is 1. The second kappa shape index (κ2) is 6.46. The van der Waals surface area contributed by atoms with Crippen molar-refractivity contribution in [2.24, 2.45) is 0 Å². The van der Waals surface area contributed by atoms with Gasteiger partial charge in [-0.15, -0.1) is 0 Å². The average Bonchev–Trinajstić information content (AvgIpc) is 3.29. The van der Waals surface area contributed by atoms with Crippen molar-refractivity contribution < 1.29 is 22.7 Å². The minimum atomic E-state index is -3.08. The molecule has 0 aromatic carbocycles. The number of aryl methyl sites for hydroxylation is 1. The molecule has 3 rings (SSSR count). The molecule has 0 N–H and O–H groups in total. The van der Waals surface area contributed by atoms with Gasteiger partial charge in [0.2, 0.25) is 0 Å². The van der Waals surface area contributed by atoms with Crippen molar-refractivity contribution in [1.82, 2.24) is 14.9 Å². The third-order valence-corrected chi connectivity index (χ3v) is 5.90. The number of nitrogens with zero attached hydrogens (tertiary/aromatic N) is 3. The number of aromatic nitrogens is 2. The molecule has 1 aliphatic carbocycles. The van der Waals surface area contributed by atoms with E-state index in [9.17, 15) is 18.0 Å². The summed E-state index contributed by atoms with van der Waals surface area (Å²) in [6.07, 6.45) is 4.91. The molecule has 8 nitrogen and oxygen atoms in total. The largest absolute Gasteiger partial charge is 0.451 e. The molecular weight excluding hydrogens is 334 g/mol. The minimum absolute atomic E-state index is 0.00732. The third kappa shape index (κ3) is 3.89. The summed E-state index contributed by atoms with van der Waals surface area (Å²) in [5.74, 6) is -0.974. The molecule has 1 atom stereocenters. The van der Waals surface area contributed by atoms with E-state index in [-0.39, 0.29) is 35.2 Å². The van der Waals surface area contributed by atoms with E-state index >= 15 is 0 Å². The Bertz CT molecular complexity index is 743. The predicted octanol–water partition coefficient (Wildman–Crippen LogP) is 0.120. The number of sulfone groups is 1. The first-order valence-electron chi connectivity index (χ1n) is 7.83. The maximum absolute atomic E-state index is 12.4. The molecule has 0 spiro atoms. The van der Waals surface area contributed by atoms with Crippen LogP contribution >= 0.6 is 0 Å². The number of hydrogen-bond acceptors (Lipinski definition) is 7. The fraction of sp³-hybridized carbons (Fsp3) is 0.600. The van der Waals surface area contributed by atoms with E-state index in [1.165, 1.54) is 12.4 Å². The zero-order valence-electron chi connectivity index (χ0n) is 13.3. The molecule has 2 heterocycles. The van der Waals surface area contributed by atoms with Crippen LogP contribution in [-0.4, -0.2) is 65.4 Å². The Kier molecular flexibility index (Phi) is 4.53. The fourth-order valence-electron chi connectivity index (χ4n) is 2.83. The highest BCUT2D eigenvalue weighted by Gasteiger charge is 2.42. The molecule has 2 fully saturated rings. The van der Waals surface area contributed by atoms with Gasteiger partial charge in [-0.1, -0.05) is 0 Å². The summed E-state index contributed by atoms with van der Waals surface area (Å²) in [7, 11) is -3.08. The Morgan fingerprint density at radius 3 is 2.50 bits per heavy atom. The van der Waals surface area contributed by atoms with Crippen LogP contribution in [0.5, 0.6) is 0 Å². The molecule has 1 aromatic rings. The number of amides is 1. The Hall–Kier alpha value is -2.03. The van der Waals surface area contributed by atoms with Gasteiger partial charge in [-0.05, 0) is 26.2 Å². The highest BCUT2D eigenvalue weighted by Crippen LogP contribution is 2.32. The van der Waals surface area contributed by atoms with Crippen LogP contribution in [0.4, 0.5) is 0 Å². The van der Waals surface area contributed by atoms with E-state index in [1.54, 1.807) is 11.8 Å². The molecule has 1 saturated heterocycles. The molecule has 0 radical (unpaired) electrons. The maximum Gasteiger partial charge on any atom is 0.359 e. The Morgan fingerprint density at radius 2 is 1.96 bits per heavy atom. The van der Waals surface area contributed by atoms with Crippen molar-refractivity contribution in [1.29, 1.82) is 0 Å². The molecule has 130 valence electrons. The SMILES string of the molecule is Cc1cnc(C(=O)OCC(=O)N(C2CC2)[C@H]2CCS(=O)(=O)C2)cn1. The molecular formula is C15H19N3O5S. The van der Waals surface area contributed by atoms with Gasteiger partial charge in [0.25, 0.3) is 5.91 Å². The lowest BCUT2D eigenvalue weighted by atomic mass is 10.2. The molecule has 24 heavy (non-hydrogen) atoms. The number of carbonyl (C=O) groups is 2. The zero-order chi connectivity index (χ0) is 17.3. The lowest BCUT2D eigenvalue weighted by Crippen LogP contribution is -2.44. The summed E-state index contributed by atoms with van der Waals surface area (Å²) in [5.41, 5.74) is 0.708. The Labute approximate surface area is 140 Å². The van der Waals surface area contributed by atoms with Crippen molar-refractivity contribution in [3.05, 3.63) is 23.8 Å². The van der Waals surface area contributed by atoms with E-state index in [4.69, 9.17) is 4.74 Å². The first-order chi connectivity index (χ1) is 11.4. The molecule has 0 bridgehead atoms.